The monoisotopic (exact) mass is 289 g/mol. The van der Waals surface area contributed by atoms with Crippen molar-refractivity contribution < 1.29 is 14.7 Å². The molecule has 0 heterocycles. The van der Waals surface area contributed by atoms with Gasteiger partial charge < -0.3 is 10.0 Å². The van der Waals surface area contributed by atoms with E-state index in [9.17, 15) is 9.59 Å². The van der Waals surface area contributed by atoms with Gasteiger partial charge in [-0.2, -0.15) is 0 Å². The zero-order chi connectivity index (χ0) is 15.6. The van der Waals surface area contributed by atoms with Crippen molar-refractivity contribution in [2.75, 3.05) is 13.1 Å². The van der Waals surface area contributed by atoms with Crippen LogP contribution >= 0.6 is 0 Å². The summed E-state index contributed by atoms with van der Waals surface area (Å²) in [5.41, 5.74) is 2.48. The summed E-state index contributed by atoms with van der Waals surface area (Å²) >= 11 is 0. The second kappa shape index (κ2) is 6.29. The third-order valence-electron chi connectivity index (χ3n) is 4.16. The fourth-order valence-corrected chi connectivity index (χ4v) is 2.71. The van der Waals surface area contributed by atoms with Gasteiger partial charge in [-0.15, -0.1) is 0 Å². The molecule has 1 aliphatic carbocycles. The topological polar surface area (TPSA) is 57.6 Å². The van der Waals surface area contributed by atoms with Gasteiger partial charge in [-0.1, -0.05) is 38.1 Å². The minimum atomic E-state index is -0.955. The lowest BCUT2D eigenvalue weighted by Crippen LogP contribution is -2.36. The molecule has 0 bridgehead atoms. The van der Waals surface area contributed by atoms with Crippen LogP contribution in [0.5, 0.6) is 0 Å². The van der Waals surface area contributed by atoms with Crippen molar-refractivity contribution in [1.82, 2.24) is 4.90 Å². The zero-order valence-corrected chi connectivity index (χ0v) is 12.9. The number of carboxylic acids is 1. The smallest absolute Gasteiger partial charge is 0.323 e. The van der Waals surface area contributed by atoms with Gasteiger partial charge in [0.1, 0.15) is 6.54 Å². The number of rotatable bonds is 6. The molecule has 0 aromatic heterocycles. The number of carbonyl (C=O) groups is 2. The van der Waals surface area contributed by atoms with Gasteiger partial charge in [0.2, 0.25) is 5.91 Å². The number of hydrogen-bond acceptors (Lipinski definition) is 2. The molecule has 1 N–H and O–H groups in total. The predicted molar refractivity (Wildman–Crippen MR) is 81.3 cm³/mol. The number of carbonyl (C=O) groups excluding carboxylic acids is 1. The lowest BCUT2D eigenvalue weighted by molar-refractivity contribution is -0.144. The van der Waals surface area contributed by atoms with Crippen LogP contribution in [0.4, 0.5) is 0 Å². The van der Waals surface area contributed by atoms with Crippen LogP contribution < -0.4 is 0 Å². The molecule has 4 heteroatoms. The second-order valence-electron chi connectivity index (χ2n) is 6.02. The van der Waals surface area contributed by atoms with Crippen LogP contribution in [0.1, 0.15) is 50.2 Å². The number of benzene rings is 1. The number of amides is 1. The molecular formula is C17H23NO3. The summed E-state index contributed by atoms with van der Waals surface area (Å²) in [4.78, 5) is 24.5. The fourth-order valence-electron chi connectivity index (χ4n) is 2.71. The first-order valence-electron chi connectivity index (χ1n) is 7.54. The summed E-state index contributed by atoms with van der Waals surface area (Å²) in [6.07, 6.45) is 0.829. The van der Waals surface area contributed by atoms with Crippen molar-refractivity contribution in [3.8, 4) is 0 Å². The maximum Gasteiger partial charge on any atom is 0.323 e. The average molecular weight is 289 g/mol. The number of carboxylic acid groups (broad SMARTS) is 1. The van der Waals surface area contributed by atoms with Crippen molar-refractivity contribution >= 4 is 11.9 Å². The quantitative estimate of drug-likeness (QED) is 0.876. The SMILES string of the molecule is CCN(CC(=O)O)C(=O)C1CC1c1ccc(C(C)C)cc1. The summed E-state index contributed by atoms with van der Waals surface area (Å²) in [7, 11) is 0. The van der Waals surface area contributed by atoms with E-state index in [2.05, 4.69) is 38.1 Å². The van der Waals surface area contributed by atoms with E-state index in [1.807, 2.05) is 6.92 Å². The maximum atomic E-state index is 12.3. The first-order chi connectivity index (χ1) is 9.93. The lowest BCUT2D eigenvalue weighted by atomic mass is 10.00. The van der Waals surface area contributed by atoms with Crippen molar-refractivity contribution in [2.45, 2.75) is 39.0 Å². The molecule has 1 aromatic rings. The first kappa shape index (κ1) is 15.5. The highest BCUT2D eigenvalue weighted by molar-refractivity contribution is 5.86. The maximum absolute atomic E-state index is 12.3. The molecule has 1 saturated carbocycles. The van der Waals surface area contributed by atoms with Gasteiger partial charge in [-0.3, -0.25) is 9.59 Å². The Morgan fingerprint density at radius 3 is 2.38 bits per heavy atom. The number of likely N-dealkylation sites (N-methyl/N-ethyl adjacent to an activating group) is 1. The molecular weight excluding hydrogens is 266 g/mol. The number of hydrogen-bond donors (Lipinski definition) is 1. The van der Waals surface area contributed by atoms with Gasteiger partial charge in [0, 0.05) is 12.5 Å². The van der Waals surface area contributed by atoms with Crippen LogP contribution in [0.15, 0.2) is 24.3 Å². The summed E-state index contributed by atoms with van der Waals surface area (Å²) in [5.74, 6) is -0.279. The third kappa shape index (κ3) is 3.63. The molecule has 21 heavy (non-hydrogen) atoms. The fraction of sp³-hybridized carbons (Fsp3) is 0.529. The molecule has 1 aliphatic rings. The summed E-state index contributed by atoms with van der Waals surface area (Å²) in [5, 5.41) is 8.84. The highest BCUT2D eigenvalue weighted by Crippen LogP contribution is 2.48. The van der Waals surface area contributed by atoms with E-state index in [-0.39, 0.29) is 24.3 Å². The van der Waals surface area contributed by atoms with Crippen LogP contribution in [0.25, 0.3) is 0 Å². The van der Waals surface area contributed by atoms with Crippen molar-refractivity contribution in [2.24, 2.45) is 5.92 Å². The van der Waals surface area contributed by atoms with Gasteiger partial charge in [0.15, 0.2) is 0 Å². The predicted octanol–water partition coefficient (Wildman–Crippen LogP) is 2.85. The molecule has 2 unspecified atom stereocenters. The first-order valence-corrected chi connectivity index (χ1v) is 7.54. The van der Waals surface area contributed by atoms with Gasteiger partial charge in [-0.25, -0.2) is 0 Å². The molecule has 0 radical (unpaired) electrons. The minimum Gasteiger partial charge on any atom is -0.480 e. The van der Waals surface area contributed by atoms with Gasteiger partial charge in [0.25, 0.3) is 0 Å². The van der Waals surface area contributed by atoms with Crippen LogP contribution in [0.3, 0.4) is 0 Å². The Kier molecular flexibility index (Phi) is 4.66. The lowest BCUT2D eigenvalue weighted by Gasteiger charge is -2.18. The second-order valence-corrected chi connectivity index (χ2v) is 6.02. The Morgan fingerprint density at radius 2 is 1.90 bits per heavy atom. The van der Waals surface area contributed by atoms with Crippen molar-refractivity contribution in [3.63, 3.8) is 0 Å². The molecule has 0 spiro atoms. The molecule has 1 aromatic carbocycles. The molecule has 2 atom stereocenters. The average Bonchev–Trinajstić information content (AvgIpc) is 3.24. The molecule has 2 rings (SSSR count). The standard InChI is InChI=1S/C17H23NO3/c1-4-18(10-16(19)20)17(21)15-9-14(15)13-7-5-12(6-8-13)11(2)3/h5-8,11,14-15H,4,9-10H2,1-3H3,(H,19,20). The number of aliphatic carboxylic acids is 1. The Hall–Kier alpha value is -1.84. The third-order valence-corrected chi connectivity index (χ3v) is 4.16. The molecule has 1 amide bonds. The Balaban J connectivity index is 2.00. The van der Waals surface area contributed by atoms with Gasteiger partial charge >= 0.3 is 5.97 Å². The van der Waals surface area contributed by atoms with E-state index in [4.69, 9.17) is 5.11 Å². The Morgan fingerprint density at radius 1 is 1.29 bits per heavy atom. The largest absolute Gasteiger partial charge is 0.480 e. The van der Waals surface area contributed by atoms with E-state index in [1.165, 1.54) is 16.0 Å². The summed E-state index contributed by atoms with van der Waals surface area (Å²) in [6, 6.07) is 8.44. The van der Waals surface area contributed by atoms with Crippen molar-refractivity contribution in [3.05, 3.63) is 35.4 Å². The number of nitrogens with zero attached hydrogens (tertiary/aromatic N) is 1. The van der Waals surface area contributed by atoms with E-state index in [0.717, 1.165) is 6.42 Å². The van der Waals surface area contributed by atoms with E-state index in [1.54, 1.807) is 0 Å². The normalized spacial score (nSPS) is 20.4. The molecule has 1 fully saturated rings. The van der Waals surface area contributed by atoms with E-state index in [0.29, 0.717) is 12.5 Å². The molecule has 0 saturated heterocycles. The van der Waals surface area contributed by atoms with Crippen LogP contribution in [-0.4, -0.2) is 35.0 Å². The van der Waals surface area contributed by atoms with Crippen LogP contribution in [0.2, 0.25) is 0 Å². The van der Waals surface area contributed by atoms with Gasteiger partial charge in [0.05, 0.1) is 0 Å². The highest BCUT2D eigenvalue weighted by atomic mass is 16.4. The Bertz CT molecular complexity index is 521. The minimum absolute atomic E-state index is 0.0298. The summed E-state index contributed by atoms with van der Waals surface area (Å²) in [6.45, 7) is 6.37. The molecule has 4 nitrogen and oxygen atoms in total. The van der Waals surface area contributed by atoms with Crippen molar-refractivity contribution in [1.29, 1.82) is 0 Å². The van der Waals surface area contributed by atoms with Gasteiger partial charge in [-0.05, 0) is 36.3 Å². The molecule has 0 aliphatic heterocycles. The molecule has 114 valence electrons. The highest BCUT2D eigenvalue weighted by Gasteiger charge is 2.45. The Labute approximate surface area is 125 Å². The van der Waals surface area contributed by atoms with Crippen LogP contribution in [0, 0.1) is 5.92 Å². The zero-order valence-electron chi connectivity index (χ0n) is 12.9. The summed E-state index contributed by atoms with van der Waals surface area (Å²) < 4.78 is 0. The van der Waals surface area contributed by atoms with E-state index < -0.39 is 5.97 Å². The van der Waals surface area contributed by atoms with E-state index >= 15 is 0 Å². The van der Waals surface area contributed by atoms with Crippen LogP contribution in [-0.2, 0) is 9.59 Å².